The lowest BCUT2D eigenvalue weighted by atomic mass is 9.96. The van der Waals surface area contributed by atoms with Gasteiger partial charge in [-0.25, -0.2) is 0 Å². The molecule has 28 heavy (non-hydrogen) atoms. The van der Waals surface area contributed by atoms with Crippen LogP contribution in [-0.2, 0) is 6.42 Å². The fourth-order valence-electron chi connectivity index (χ4n) is 3.18. The second kappa shape index (κ2) is 7.46. The second-order valence-corrected chi connectivity index (χ2v) is 7.05. The molecule has 148 valence electrons. The lowest BCUT2D eigenvalue weighted by Gasteiger charge is -2.28. The second-order valence-electron chi connectivity index (χ2n) is 7.05. The summed E-state index contributed by atoms with van der Waals surface area (Å²) in [5.74, 6) is 1.64. The fraction of sp³-hybridized carbons (Fsp3) is 0.318. The van der Waals surface area contributed by atoms with E-state index in [0.717, 1.165) is 0 Å². The van der Waals surface area contributed by atoms with Crippen molar-refractivity contribution < 1.29 is 28.8 Å². The first-order chi connectivity index (χ1) is 13.3. The van der Waals surface area contributed by atoms with Crippen LogP contribution in [0.1, 0.15) is 35.3 Å². The number of Topliss-reactive ketones (excluding diaryl/α,β-unsaturated/α-hetero) is 1. The highest BCUT2D eigenvalue weighted by molar-refractivity contribution is 6.01. The van der Waals surface area contributed by atoms with E-state index >= 15 is 0 Å². The van der Waals surface area contributed by atoms with Gasteiger partial charge >= 0.3 is 0 Å². The van der Waals surface area contributed by atoms with Crippen LogP contribution in [0.5, 0.6) is 28.7 Å². The van der Waals surface area contributed by atoms with Crippen LogP contribution in [-0.4, -0.2) is 37.8 Å². The van der Waals surface area contributed by atoms with Gasteiger partial charge in [0.25, 0.3) is 0 Å². The number of phenols is 1. The Morgan fingerprint density at radius 3 is 2.29 bits per heavy atom. The fourth-order valence-corrected chi connectivity index (χ4v) is 3.18. The summed E-state index contributed by atoms with van der Waals surface area (Å²) in [6, 6.07) is 6.74. The van der Waals surface area contributed by atoms with Crippen LogP contribution in [0, 0.1) is 0 Å². The van der Waals surface area contributed by atoms with Crippen molar-refractivity contribution in [1.29, 1.82) is 0 Å². The zero-order valence-electron chi connectivity index (χ0n) is 16.7. The van der Waals surface area contributed by atoms with Gasteiger partial charge in [-0.05, 0) is 55.8 Å². The summed E-state index contributed by atoms with van der Waals surface area (Å²) in [5.41, 5.74) is 0.973. The molecule has 0 saturated heterocycles. The monoisotopic (exact) mass is 384 g/mol. The standard InChI is InChI=1S/C22H24O6/c1-22(2)9-8-15-17(28-22)7-6-14(20(15)24)16(23)10-13-11-18(25-3)21(27-5)19(12-13)26-4/h6-9,11-12,24H,10H2,1-5H3. The molecule has 1 N–H and O–H groups in total. The van der Waals surface area contributed by atoms with Crippen LogP contribution in [0.3, 0.4) is 0 Å². The first-order valence-electron chi connectivity index (χ1n) is 8.86. The number of ketones is 1. The summed E-state index contributed by atoms with van der Waals surface area (Å²) in [6.45, 7) is 3.85. The van der Waals surface area contributed by atoms with E-state index in [9.17, 15) is 9.90 Å². The van der Waals surface area contributed by atoms with Gasteiger partial charge in [-0.1, -0.05) is 0 Å². The molecular formula is C22H24O6. The normalized spacial score (nSPS) is 14.0. The lowest BCUT2D eigenvalue weighted by Crippen LogP contribution is -2.27. The number of hydrogen-bond acceptors (Lipinski definition) is 6. The molecule has 0 atom stereocenters. The van der Waals surface area contributed by atoms with E-state index < -0.39 is 5.60 Å². The van der Waals surface area contributed by atoms with Gasteiger partial charge in [-0.3, -0.25) is 4.79 Å². The lowest BCUT2D eigenvalue weighted by molar-refractivity contribution is 0.0990. The highest BCUT2D eigenvalue weighted by atomic mass is 16.5. The zero-order valence-corrected chi connectivity index (χ0v) is 16.7. The van der Waals surface area contributed by atoms with E-state index in [1.165, 1.54) is 21.3 Å². The summed E-state index contributed by atoms with van der Waals surface area (Å²) in [5, 5.41) is 10.6. The molecule has 0 saturated carbocycles. The van der Waals surface area contributed by atoms with Crippen LogP contribution < -0.4 is 18.9 Å². The Hall–Kier alpha value is -3.15. The number of benzene rings is 2. The number of fused-ring (bicyclic) bond motifs is 1. The Balaban J connectivity index is 1.92. The topological polar surface area (TPSA) is 74.2 Å². The molecule has 0 fully saturated rings. The minimum absolute atomic E-state index is 0.0686. The Kier molecular flexibility index (Phi) is 5.23. The van der Waals surface area contributed by atoms with Crippen molar-refractivity contribution in [2.45, 2.75) is 25.9 Å². The van der Waals surface area contributed by atoms with Gasteiger partial charge in [-0.15, -0.1) is 0 Å². The largest absolute Gasteiger partial charge is 0.506 e. The molecule has 1 heterocycles. The molecule has 2 aromatic rings. The Labute approximate surface area is 164 Å². The predicted octanol–water partition coefficient (Wildman–Crippen LogP) is 4.03. The quantitative estimate of drug-likeness (QED) is 0.758. The van der Waals surface area contributed by atoms with Crippen molar-refractivity contribution in [3.05, 3.63) is 47.0 Å². The number of rotatable bonds is 6. The molecule has 6 nitrogen and oxygen atoms in total. The van der Waals surface area contributed by atoms with Gasteiger partial charge in [-0.2, -0.15) is 0 Å². The van der Waals surface area contributed by atoms with E-state index in [4.69, 9.17) is 18.9 Å². The van der Waals surface area contributed by atoms with Crippen molar-refractivity contribution in [3.8, 4) is 28.7 Å². The zero-order chi connectivity index (χ0) is 20.5. The van der Waals surface area contributed by atoms with Crippen LogP contribution in [0.4, 0.5) is 0 Å². The molecule has 0 unspecified atom stereocenters. The molecule has 0 aromatic heterocycles. The van der Waals surface area contributed by atoms with Crippen LogP contribution in [0.2, 0.25) is 0 Å². The highest BCUT2D eigenvalue weighted by Crippen LogP contribution is 2.40. The summed E-state index contributed by atoms with van der Waals surface area (Å²) in [6.07, 6.45) is 3.70. The molecule has 2 aromatic carbocycles. The van der Waals surface area contributed by atoms with Gasteiger partial charge in [0, 0.05) is 6.42 Å². The molecule has 0 amide bonds. The number of carbonyl (C=O) groups is 1. The van der Waals surface area contributed by atoms with E-state index in [2.05, 4.69) is 0 Å². The predicted molar refractivity (Wildman–Crippen MR) is 106 cm³/mol. The molecule has 0 spiro atoms. The first-order valence-corrected chi connectivity index (χ1v) is 8.86. The maximum Gasteiger partial charge on any atom is 0.203 e. The third-order valence-electron chi connectivity index (χ3n) is 4.59. The van der Waals surface area contributed by atoms with E-state index in [0.29, 0.717) is 34.1 Å². The maximum atomic E-state index is 12.9. The Bertz CT molecular complexity index is 917. The molecular weight excluding hydrogens is 360 g/mol. The third-order valence-corrected chi connectivity index (χ3v) is 4.59. The molecule has 0 bridgehead atoms. The third kappa shape index (κ3) is 3.63. The molecule has 1 aliphatic rings. The van der Waals surface area contributed by atoms with Crippen molar-refractivity contribution in [2.24, 2.45) is 0 Å². The van der Waals surface area contributed by atoms with Crippen molar-refractivity contribution in [3.63, 3.8) is 0 Å². The maximum absolute atomic E-state index is 12.9. The number of phenolic OH excluding ortho intramolecular Hbond substituents is 1. The smallest absolute Gasteiger partial charge is 0.203 e. The van der Waals surface area contributed by atoms with Crippen molar-refractivity contribution in [2.75, 3.05) is 21.3 Å². The number of ether oxygens (including phenoxy) is 4. The summed E-state index contributed by atoms with van der Waals surface area (Å²) < 4.78 is 21.8. The van der Waals surface area contributed by atoms with Crippen LogP contribution >= 0.6 is 0 Å². The van der Waals surface area contributed by atoms with Gasteiger partial charge in [0.2, 0.25) is 5.75 Å². The number of aromatic hydroxyl groups is 1. The van der Waals surface area contributed by atoms with Gasteiger partial charge in [0.15, 0.2) is 17.3 Å². The molecule has 3 rings (SSSR count). The van der Waals surface area contributed by atoms with Crippen LogP contribution in [0.25, 0.3) is 6.08 Å². The number of methoxy groups -OCH3 is 3. The SMILES string of the molecule is COc1cc(CC(=O)c2ccc3c(c2O)C=CC(C)(C)O3)cc(OC)c1OC. The highest BCUT2D eigenvalue weighted by Gasteiger charge is 2.26. The van der Waals surface area contributed by atoms with Crippen molar-refractivity contribution >= 4 is 11.9 Å². The molecule has 1 aliphatic heterocycles. The number of hydrogen-bond donors (Lipinski definition) is 1. The van der Waals surface area contributed by atoms with Gasteiger partial charge < -0.3 is 24.1 Å². The average molecular weight is 384 g/mol. The van der Waals surface area contributed by atoms with E-state index in [1.807, 2.05) is 19.9 Å². The summed E-state index contributed by atoms with van der Waals surface area (Å²) >= 11 is 0. The van der Waals surface area contributed by atoms with Gasteiger partial charge in [0.05, 0.1) is 32.5 Å². The Morgan fingerprint density at radius 2 is 1.71 bits per heavy atom. The molecule has 6 heteroatoms. The van der Waals surface area contributed by atoms with Crippen molar-refractivity contribution in [1.82, 2.24) is 0 Å². The van der Waals surface area contributed by atoms with E-state index in [1.54, 1.807) is 30.3 Å². The summed E-state index contributed by atoms with van der Waals surface area (Å²) in [4.78, 5) is 12.9. The van der Waals surface area contributed by atoms with Crippen LogP contribution in [0.15, 0.2) is 30.3 Å². The minimum Gasteiger partial charge on any atom is -0.506 e. The van der Waals surface area contributed by atoms with Gasteiger partial charge in [0.1, 0.15) is 17.1 Å². The number of carbonyl (C=O) groups excluding carboxylic acids is 1. The molecule has 0 radical (unpaired) electrons. The Morgan fingerprint density at radius 1 is 1.07 bits per heavy atom. The first kappa shape index (κ1) is 19.6. The summed E-state index contributed by atoms with van der Waals surface area (Å²) in [7, 11) is 4.56. The average Bonchev–Trinajstić information content (AvgIpc) is 2.66. The van der Waals surface area contributed by atoms with E-state index in [-0.39, 0.29) is 23.5 Å². The molecule has 0 aliphatic carbocycles. The minimum atomic E-state index is -0.457.